The molecule has 1 amide bonds. The van der Waals surface area contributed by atoms with Gasteiger partial charge in [0.25, 0.3) is 5.91 Å². The van der Waals surface area contributed by atoms with E-state index in [1.54, 1.807) is 30.3 Å². The topological polar surface area (TPSA) is 83.1 Å². The second-order valence-electron chi connectivity index (χ2n) is 5.22. The van der Waals surface area contributed by atoms with Gasteiger partial charge in [-0.05, 0) is 30.3 Å². The third-order valence-corrected chi connectivity index (χ3v) is 3.51. The number of benzene rings is 2. The first-order valence-electron chi connectivity index (χ1n) is 7.65. The summed E-state index contributed by atoms with van der Waals surface area (Å²) in [5.41, 5.74) is 1.01. The van der Waals surface area contributed by atoms with E-state index in [0.29, 0.717) is 53.7 Å². The van der Waals surface area contributed by atoms with E-state index in [0.717, 1.165) is 0 Å². The molecule has 0 aliphatic carbocycles. The molecule has 0 saturated heterocycles. The Balaban J connectivity index is 1.62. The van der Waals surface area contributed by atoms with Gasteiger partial charge in [-0.15, -0.1) is 0 Å². The zero-order valence-electron chi connectivity index (χ0n) is 13.6. The Bertz CT molecular complexity index is 789. The summed E-state index contributed by atoms with van der Waals surface area (Å²) in [6.07, 6.45) is 0.696. The van der Waals surface area contributed by atoms with Crippen molar-refractivity contribution in [2.24, 2.45) is 0 Å². The van der Waals surface area contributed by atoms with Gasteiger partial charge in [0.15, 0.2) is 29.6 Å². The molecule has 1 aliphatic rings. The quantitative estimate of drug-likeness (QED) is 0.811. The van der Waals surface area contributed by atoms with Crippen LogP contribution in [0, 0.1) is 0 Å². The zero-order valence-corrected chi connectivity index (χ0v) is 13.6. The third-order valence-electron chi connectivity index (χ3n) is 3.51. The van der Waals surface area contributed by atoms with Gasteiger partial charge in [0.1, 0.15) is 19.5 Å². The lowest BCUT2D eigenvalue weighted by Crippen LogP contribution is -2.21. The Labute approximate surface area is 144 Å². The minimum atomic E-state index is -0.352. The van der Waals surface area contributed by atoms with Crippen LogP contribution in [0.3, 0.4) is 0 Å². The highest BCUT2D eigenvalue weighted by atomic mass is 16.6. The van der Waals surface area contributed by atoms with Crippen molar-refractivity contribution in [1.29, 1.82) is 0 Å². The molecular formula is C18H17NO6. The Kier molecular flexibility index (Phi) is 5.03. The van der Waals surface area contributed by atoms with Crippen molar-refractivity contribution in [2.45, 2.75) is 0 Å². The highest BCUT2D eigenvalue weighted by molar-refractivity contribution is 5.92. The molecule has 2 aromatic carbocycles. The standard InChI is InChI=1S/C18H17NO6/c1-22-14-4-2-12(10-20)8-16(14)25-11-18(21)19-13-3-5-15-17(9-13)24-7-6-23-15/h2-5,8-10H,6-7,11H2,1H3,(H,19,21). The van der Waals surface area contributed by atoms with Crippen LogP contribution in [-0.2, 0) is 4.79 Å². The summed E-state index contributed by atoms with van der Waals surface area (Å²) in [5.74, 6) is 1.65. The SMILES string of the molecule is COc1ccc(C=O)cc1OCC(=O)Nc1ccc2c(c1)OCCO2. The van der Waals surface area contributed by atoms with E-state index in [-0.39, 0.29) is 12.5 Å². The number of amides is 1. The van der Waals surface area contributed by atoms with Crippen molar-refractivity contribution >= 4 is 17.9 Å². The van der Waals surface area contributed by atoms with Gasteiger partial charge < -0.3 is 24.3 Å². The summed E-state index contributed by atoms with van der Waals surface area (Å²) in [4.78, 5) is 22.9. The molecule has 0 radical (unpaired) electrons. The smallest absolute Gasteiger partial charge is 0.262 e. The summed E-state index contributed by atoms with van der Waals surface area (Å²) < 4.78 is 21.5. The first kappa shape index (κ1) is 16.6. The van der Waals surface area contributed by atoms with Crippen LogP contribution < -0.4 is 24.3 Å². The number of hydrogen-bond donors (Lipinski definition) is 1. The molecule has 1 N–H and O–H groups in total. The molecule has 130 valence electrons. The number of fused-ring (bicyclic) bond motifs is 1. The van der Waals surface area contributed by atoms with Gasteiger partial charge in [-0.1, -0.05) is 0 Å². The van der Waals surface area contributed by atoms with Gasteiger partial charge in [-0.25, -0.2) is 0 Å². The molecule has 2 aromatic rings. The molecule has 7 nitrogen and oxygen atoms in total. The van der Waals surface area contributed by atoms with Crippen molar-refractivity contribution in [3.05, 3.63) is 42.0 Å². The lowest BCUT2D eigenvalue weighted by molar-refractivity contribution is -0.118. The van der Waals surface area contributed by atoms with E-state index < -0.39 is 0 Å². The van der Waals surface area contributed by atoms with E-state index >= 15 is 0 Å². The molecule has 1 heterocycles. The molecule has 3 rings (SSSR count). The van der Waals surface area contributed by atoms with E-state index in [4.69, 9.17) is 18.9 Å². The van der Waals surface area contributed by atoms with Gasteiger partial charge in [-0.2, -0.15) is 0 Å². The molecule has 0 aromatic heterocycles. The number of anilines is 1. The number of carbonyl (C=O) groups is 2. The highest BCUT2D eigenvalue weighted by Crippen LogP contribution is 2.32. The van der Waals surface area contributed by atoms with Gasteiger partial charge in [0.2, 0.25) is 0 Å². The number of ether oxygens (including phenoxy) is 4. The summed E-state index contributed by atoms with van der Waals surface area (Å²) in [7, 11) is 1.48. The molecule has 0 spiro atoms. The van der Waals surface area contributed by atoms with Gasteiger partial charge in [0, 0.05) is 17.3 Å². The van der Waals surface area contributed by atoms with Crippen molar-refractivity contribution in [3.63, 3.8) is 0 Å². The number of hydrogen-bond acceptors (Lipinski definition) is 6. The van der Waals surface area contributed by atoms with Crippen LogP contribution in [0.5, 0.6) is 23.0 Å². The average Bonchev–Trinajstić information content (AvgIpc) is 2.66. The van der Waals surface area contributed by atoms with Gasteiger partial charge in [0.05, 0.1) is 7.11 Å². The summed E-state index contributed by atoms with van der Waals surface area (Å²) in [6.45, 7) is 0.752. The molecule has 0 unspecified atom stereocenters. The largest absolute Gasteiger partial charge is 0.493 e. The number of methoxy groups -OCH3 is 1. The predicted octanol–water partition coefficient (Wildman–Crippen LogP) is 2.30. The van der Waals surface area contributed by atoms with Crippen LogP contribution in [0.25, 0.3) is 0 Å². The molecular weight excluding hydrogens is 326 g/mol. The first-order chi connectivity index (χ1) is 12.2. The van der Waals surface area contributed by atoms with Crippen LogP contribution in [0.4, 0.5) is 5.69 Å². The van der Waals surface area contributed by atoms with Gasteiger partial charge in [-0.3, -0.25) is 9.59 Å². The molecule has 1 aliphatic heterocycles. The minimum absolute atomic E-state index is 0.229. The number of carbonyl (C=O) groups excluding carboxylic acids is 2. The third kappa shape index (κ3) is 4.00. The van der Waals surface area contributed by atoms with Crippen molar-refractivity contribution < 1.29 is 28.5 Å². The summed E-state index contributed by atoms with van der Waals surface area (Å²) in [5, 5.41) is 2.72. The predicted molar refractivity (Wildman–Crippen MR) is 89.9 cm³/mol. The van der Waals surface area contributed by atoms with Crippen LogP contribution >= 0.6 is 0 Å². The van der Waals surface area contributed by atoms with Crippen molar-refractivity contribution in [3.8, 4) is 23.0 Å². The fraction of sp³-hybridized carbons (Fsp3) is 0.222. The lowest BCUT2D eigenvalue weighted by atomic mass is 10.2. The van der Waals surface area contributed by atoms with E-state index in [1.165, 1.54) is 13.2 Å². The normalized spacial score (nSPS) is 12.2. The molecule has 7 heteroatoms. The second-order valence-corrected chi connectivity index (χ2v) is 5.22. The van der Waals surface area contributed by atoms with Crippen molar-refractivity contribution in [1.82, 2.24) is 0 Å². The molecule has 0 fully saturated rings. The minimum Gasteiger partial charge on any atom is -0.493 e. The van der Waals surface area contributed by atoms with Gasteiger partial charge >= 0.3 is 0 Å². The monoisotopic (exact) mass is 343 g/mol. The van der Waals surface area contributed by atoms with Crippen LogP contribution in [0.2, 0.25) is 0 Å². The molecule has 0 bridgehead atoms. The van der Waals surface area contributed by atoms with E-state index in [9.17, 15) is 9.59 Å². The summed E-state index contributed by atoms with van der Waals surface area (Å²) in [6, 6.07) is 9.88. The maximum atomic E-state index is 12.1. The maximum absolute atomic E-state index is 12.1. The Morgan fingerprint density at radius 3 is 2.68 bits per heavy atom. The Morgan fingerprint density at radius 1 is 1.12 bits per heavy atom. The van der Waals surface area contributed by atoms with Crippen LogP contribution in [-0.4, -0.2) is 39.1 Å². The lowest BCUT2D eigenvalue weighted by Gasteiger charge is -2.19. The average molecular weight is 343 g/mol. The number of aldehydes is 1. The number of rotatable bonds is 6. The second kappa shape index (κ2) is 7.57. The van der Waals surface area contributed by atoms with Crippen LogP contribution in [0.1, 0.15) is 10.4 Å². The number of nitrogens with one attached hydrogen (secondary N) is 1. The molecule has 0 atom stereocenters. The fourth-order valence-corrected chi connectivity index (χ4v) is 2.34. The first-order valence-corrected chi connectivity index (χ1v) is 7.65. The molecule has 0 saturated carbocycles. The fourth-order valence-electron chi connectivity index (χ4n) is 2.34. The Morgan fingerprint density at radius 2 is 1.92 bits per heavy atom. The summed E-state index contributed by atoms with van der Waals surface area (Å²) >= 11 is 0. The molecule has 25 heavy (non-hydrogen) atoms. The van der Waals surface area contributed by atoms with Crippen LogP contribution in [0.15, 0.2) is 36.4 Å². The highest BCUT2D eigenvalue weighted by Gasteiger charge is 2.13. The van der Waals surface area contributed by atoms with Crippen molar-refractivity contribution in [2.75, 3.05) is 32.2 Å². The Hall–Kier alpha value is -3.22. The van der Waals surface area contributed by atoms with E-state index in [1.807, 2.05) is 0 Å². The van der Waals surface area contributed by atoms with E-state index in [2.05, 4.69) is 5.32 Å². The maximum Gasteiger partial charge on any atom is 0.262 e. The zero-order chi connectivity index (χ0) is 17.6.